The van der Waals surface area contributed by atoms with Crippen molar-refractivity contribution in [2.45, 2.75) is 45.4 Å². The van der Waals surface area contributed by atoms with Gasteiger partial charge in [0.1, 0.15) is 12.6 Å². The van der Waals surface area contributed by atoms with Crippen molar-refractivity contribution >= 4 is 11.9 Å². The van der Waals surface area contributed by atoms with E-state index in [1.54, 1.807) is 7.05 Å². The van der Waals surface area contributed by atoms with E-state index in [4.69, 9.17) is 9.47 Å². The van der Waals surface area contributed by atoms with Gasteiger partial charge in [0.05, 0.1) is 0 Å². The second-order valence-electron chi connectivity index (χ2n) is 7.18. The van der Waals surface area contributed by atoms with Crippen LogP contribution in [0.4, 0.5) is 0 Å². The van der Waals surface area contributed by atoms with Gasteiger partial charge in [0, 0.05) is 6.42 Å². The fourth-order valence-corrected chi connectivity index (χ4v) is 2.85. The largest absolute Gasteiger partial charge is 0.458 e. The third kappa shape index (κ3) is 7.16. The standard InChI is InChI=1S/C23H29NO4/c1-17(2)14-20(24-3)22(25)28-21(15-18-10-6-4-7-11-18)23(26)27-16-19-12-8-5-9-13-19/h4-13,17,20-21,24H,14-16H2,1-3H3/t20-,21+/m0/s1. The molecule has 0 aliphatic heterocycles. The van der Waals surface area contributed by atoms with Crippen molar-refractivity contribution in [3.63, 3.8) is 0 Å². The molecule has 0 amide bonds. The van der Waals surface area contributed by atoms with Crippen molar-refractivity contribution < 1.29 is 19.1 Å². The summed E-state index contributed by atoms with van der Waals surface area (Å²) in [6.45, 7) is 4.21. The molecule has 5 heteroatoms. The summed E-state index contributed by atoms with van der Waals surface area (Å²) in [4.78, 5) is 25.3. The Morgan fingerprint density at radius 3 is 2.00 bits per heavy atom. The van der Waals surface area contributed by atoms with E-state index in [9.17, 15) is 9.59 Å². The van der Waals surface area contributed by atoms with Gasteiger partial charge in [-0.15, -0.1) is 0 Å². The van der Waals surface area contributed by atoms with Crippen LogP contribution >= 0.6 is 0 Å². The van der Waals surface area contributed by atoms with Crippen molar-refractivity contribution in [2.24, 2.45) is 5.92 Å². The Balaban J connectivity index is 2.07. The topological polar surface area (TPSA) is 64.6 Å². The smallest absolute Gasteiger partial charge is 0.348 e. The molecule has 5 nitrogen and oxygen atoms in total. The summed E-state index contributed by atoms with van der Waals surface area (Å²) in [6.07, 6.45) is -0.0771. The summed E-state index contributed by atoms with van der Waals surface area (Å²) in [6, 6.07) is 18.4. The van der Waals surface area contributed by atoms with Crippen LogP contribution in [-0.4, -0.2) is 31.1 Å². The predicted octanol–water partition coefficient (Wildman–Crippen LogP) is 3.52. The molecule has 1 N–H and O–H groups in total. The molecule has 2 aromatic rings. The van der Waals surface area contributed by atoms with E-state index in [0.29, 0.717) is 12.3 Å². The first-order valence-electron chi connectivity index (χ1n) is 9.61. The Morgan fingerprint density at radius 1 is 0.893 bits per heavy atom. The third-order valence-electron chi connectivity index (χ3n) is 4.35. The molecule has 0 saturated carbocycles. The molecule has 0 bridgehead atoms. The van der Waals surface area contributed by atoms with Gasteiger partial charge in [0.15, 0.2) is 0 Å². The molecule has 0 heterocycles. The molecular formula is C23H29NO4. The molecular weight excluding hydrogens is 354 g/mol. The van der Waals surface area contributed by atoms with E-state index >= 15 is 0 Å². The summed E-state index contributed by atoms with van der Waals surface area (Å²) in [5, 5.41) is 2.97. The first-order chi connectivity index (χ1) is 13.5. The van der Waals surface area contributed by atoms with Gasteiger partial charge in [-0.05, 0) is 30.5 Å². The molecule has 0 aliphatic carbocycles. The van der Waals surface area contributed by atoms with Crippen LogP contribution in [0.25, 0.3) is 0 Å². The van der Waals surface area contributed by atoms with E-state index in [1.165, 1.54) is 0 Å². The fraction of sp³-hybridized carbons (Fsp3) is 0.391. The normalized spacial score (nSPS) is 13.0. The fourth-order valence-electron chi connectivity index (χ4n) is 2.85. The van der Waals surface area contributed by atoms with Crippen LogP contribution < -0.4 is 5.32 Å². The zero-order valence-electron chi connectivity index (χ0n) is 16.8. The molecule has 28 heavy (non-hydrogen) atoms. The number of hydrogen-bond donors (Lipinski definition) is 1. The van der Waals surface area contributed by atoms with Gasteiger partial charge in [-0.2, -0.15) is 0 Å². The first kappa shape index (κ1) is 21.6. The summed E-state index contributed by atoms with van der Waals surface area (Å²) in [5.41, 5.74) is 1.79. The number of ether oxygens (including phenoxy) is 2. The van der Waals surface area contributed by atoms with Crippen LogP contribution in [0.1, 0.15) is 31.4 Å². The van der Waals surface area contributed by atoms with Crippen molar-refractivity contribution in [3.8, 4) is 0 Å². The molecule has 150 valence electrons. The lowest BCUT2D eigenvalue weighted by Gasteiger charge is -2.22. The van der Waals surface area contributed by atoms with Crippen LogP contribution in [0.15, 0.2) is 60.7 Å². The molecule has 0 unspecified atom stereocenters. The van der Waals surface area contributed by atoms with Gasteiger partial charge in [-0.25, -0.2) is 4.79 Å². The van der Waals surface area contributed by atoms with Crippen molar-refractivity contribution in [1.82, 2.24) is 5.32 Å². The SMILES string of the molecule is CN[C@@H](CC(C)C)C(=O)O[C@H](Cc1ccccc1)C(=O)OCc1ccccc1. The quantitative estimate of drug-likeness (QED) is 0.636. The molecule has 0 radical (unpaired) electrons. The Bertz CT molecular complexity index is 731. The molecule has 0 fully saturated rings. The van der Waals surface area contributed by atoms with Gasteiger partial charge < -0.3 is 14.8 Å². The highest BCUT2D eigenvalue weighted by molar-refractivity contribution is 5.82. The summed E-state index contributed by atoms with van der Waals surface area (Å²) in [7, 11) is 1.72. The molecule has 2 aromatic carbocycles. The van der Waals surface area contributed by atoms with Crippen molar-refractivity contribution in [3.05, 3.63) is 71.8 Å². The molecule has 0 spiro atoms. The summed E-state index contributed by atoms with van der Waals surface area (Å²) in [5.74, 6) is -0.656. The average molecular weight is 383 g/mol. The maximum Gasteiger partial charge on any atom is 0.348 e. The minimum Gasteiger partial charge on any atom is -0.458 e. The van der Waals surface area contributed by atoms with E-state index in [0.717, 1.165) is 11.1 Å². The van der Waals surface area contributed by atoms with E-state index < -0.39 is 24.1 Å². The minimum absolute atomic E-state index is 0.143. The Hall–Kier alpha value is -2.66. The monoisotopic (exact) mass is 383 g/mol. The highest BCUT2D eigenvalue weighted by atomic mass is 16.6. The second-order valence-corrected chi connectivity index (χ2v) is 7.18. The lowest BCUT2D eigenvalue weighted by Crippen LogP contribution is -2.41. The van der Waals surface area contributed by atoms with E-state index in [-0.39, 0.29) is 13.0 Å². The van der Waals surface area contributed by atoms with Crippen LogP contribution in [0, 0.1) is 5.92 Å². The number of rotatable bonds is 10. The molecule has 2 rings (SSSR count). The van der Waals surface area contributed by atoms with Crippen molar-refractivity contribution in [1.29, 1.82) is 0 Å². The number of nitrogens with one attached hydrogen (secondary N) is 1. The van der Waals surface area contributed by atoms with Crippen LogP contribution in [0.2, 0.25) is 0 Å². The summed E-state index contributed by atoms with van der Waals surface area (Å²) < 4.78 is 11.0. The molecule has 0 aromatic heterocycles. The molecule has 0 aliphatic rings. The van der Waals surface area contributed by atoms with Crippen molar-refractivity contribution in [2.75, 3.05) is 7.05 Å². The highest BCUT2D eigenvalue weighted by Gasteiger charge is 2.29. The zero-order chi connectivity index (χ0) is 20.4. The number of carbonyl (C=O) groups excluding carboxylic acids is 2. The zero-order valence-corrected chi connectivity index (χ0v) is 16.8. The number of hydrogen-bond acceptors (Lipinski definition) is 5. The number of carbonyl (C=O) groups is 2. The number of benzene rings is 2. The first-order valence-corrected chi connectivity index (χ1v) is 9.61. The highest BCUT2D eigenvalue weighted by Crippen LogP contribution is 2.13. The Morgan fingerprint density at radius 2 is 1.46 bits per heavy atom. The van der Waals surface area contributed by atoms with Gasteiger partial charge in [0.25, 0.3) is 0 Å². The lowest BCUT2D eigenvalue weighted by atomic mass is 10.0. The van der Waals surface area contributed by atoms with Gasteiger partial charge in [-0.3, -0.25) is 4.79 Å². The summed E-state index contributed by atoms with van der Waals surface area (Å²) >= 11 is 0. The number of likely N-dealkylation sites (N-methyl/N-ethyl adjacent to an activating group) is 1. The van der Waals surface area contributed by atoms with E-state index in [2.05, 4.69) is 5.32 Å². The maximum atomic E-state index is 12.7. The van der Waals surface area contributed by atoms with Gasteiger partial charge >= 0.3 is 11.9 Å². The minimum atomic E-state index is -0.985. The van der Waals surface area contributed by atoms with Gasteiger partial charge in [0.2, 0.25) is 6.10 Å². The molecule has 2 atom stereocenters. The molecule has 0 saturated heterocycles. The third-order valence-corrected chi connectivity index (χ3v) is 4.35. The van der Waals surface area contributed by atoms with E-state index in [1.807, 2.05) is 74.5 Å². The van der Waals surface area contributed by atoms with Crippen LogP contribution in [-0.2, 0) is 32.1 Å². The lowest BCUT2D eigenvalue weighted by molar-refractivity contribution is -0.170. The Labute approximate surface area is 167 Å². The predicted molar refractivity (Wildman–Crippen MR) is 109 cm³/mol. The second kappa shape index (κ2) is 11.2. The van der Waals surface area contributed by atoms with Crippen LogP contribution in [0.3, 0.4) is 0 Å². The Kier molecular flexibility index (Phi) is 8.69. The number of esters is 2. The van der Waals surface area contributed by atoms with Crippen LogP contribution in [0.5, 0.6) is 0 Å². The maximum absolute atomic E-state index is 12.7. The van der Waals surface area contributed by atoms with Gasteiger partial charge in [-0.1, -0.05) is 74.5 Å². The average Bonchev–Trinajstić information content (AvgIpc) is 2.71.